The van der Waals surface area contributed by atoms with Gasteiger partial charge in [0, 0.05) is 5.92 Å². The summed E-state index contributed by atoms with van der Waals surface area (Å²) in [5.74, 6) is 2.66. The summed E-state index contributed by atoms with van der Waals surface area (Å²) < 4.78 is 0. The maximum atomic E-state index is 9.17. The van der Waals surface area contributed by atoms with Gasteiger partial charge in [0.25, 0.3) is 0 Å². The van der Waals surface area contributed by atoms with Gasteiger partial charge in [-0.25, -0.2) is 0 Å². The third-order valence-electron chi connectivity index (χ3n) is 2.76. The molecule has 1 fully saturated rings. The van der Waals surface area contributed by atoms with Crippen molar-refractivity contribution in [2.24, 2.45) is 5.92 Å². The van der Waals surface area contributed by atoms with Crippen LogP contribution >= 0.6 is 23.4 Å². The fourth-order valence-corrected chi connectivity index (χ4v) is 3.31. The second kappa shape index (κ2) is 5.47. The summed E-state index contributed by atoms with van der Waals surface area (Å²) in [7, 11) is 0. The van der Waals surface area contributed by atoms with E-state index in [2.05, 4.69) is 11.4 Å². The van der Waals surface area contributed by atoms with Gasteiger partial charge in [-0.1, -0.05) is 23.7 Å². The van der Waals surface area contributed by atoms with Crippen LogP contribution in [0, 0.1) is 17.2 Å². The fourth-order valence-electron chi connectivity index (χ4n) is 1.82. The van der Waals surface area contributed by atoms with Gasteiger partial charge < -0.3 is 5.32 Å². The number of para-hydroxylation sites is 1. The second-order valence-corrected chi connectivity index (χ2v) is 5.41. The SMILES string of the molecule is N#CC(Nc1ccccc1Cl)C1CCSC1. The zero-order chi connectivity index (χ0) is 11.4. The number of benzene rings is 1. The molecule has 1 heterocycles. The number of rotatable bonds is 3. The van der Waals surface area contributed by atoms with Crippen molar-refractivity contribution in [3.63, 3.8) is 0 Å². The Morgan fingerprint density at radius 3 is 2.94 bits per heavy atom. The molecular weight excluding hydrogens is 240 g/mol. The monoisotopic (exact) mass is 252 g/mol. The number of thioether (sulfide) groups is 1. The largest absolute Gasteiger partial charge is 0.368 e. The standard InChI is InChI=1S/C12H13ClN2S/c13-10-3-1-2-4-11(10)15-12(7-14)9-5-6-16-8-9/h1-4,9,12,15H,5-6,8H2. The van der Waals surface area contributed by atoms with E-state index in [0.29, 0.717) is 10.9 Å². The van der Waals surface area contributed by atoms with Gasteiger partial charge in [0.2, 0.25) is 0 Å². The number of nitrogens with one attached hydrogen (secondary N) is 1. The number of hydrogen-bond donors (Lipinski definition) is 1. The average molecular weight is 253 g/mol. The van der Waals surface area contributed by atoms with E-state index >= 15 is 0 Å². The first-order chi connectivity index (χ1) is 7.81. The molecule has 2 nitrogen and oxygen atoms in total. The first-order valence-corrected chi connectivity index (χ1v) is 6.83. The van der Waals surface area contributed by atoms with Crippen molar-refractivity contribution in [3.8, 4) is 6.07 Å². The Morgan fingerprint density at radius 1 is 1.50 bits per heavy atom. The summed E-state index contributed by atoms with van der Waals surface area (Å²) in [6, 6.07) is 9.77. The van der Waals surface area contributed by atoms with Crippen LogP contribution in [0.1, 0.15) is 6.42 Å². The Bertz CT molecular complexity index is 396. The van der Waals surface area contributed by atoms with Crippen molar-refractivity contribution in [3.05, 3.63) is 29.3 Å². The highest BCUT2D eigenvalue weighted by atomic mass is 35.5. The van der Waals surface area contributed by atoms with E-state index < -0.39 is 0 Å². The van der Waals surface area contributed by atoms with Crippen LogP contribution < -0.4 is 5.32 Å². The Labute approximate surface area is 105 Å². The van der Waals surface area contributed by atoms with Crippen LogP contribution in [0.5, 0.6) is 0 Å². The van der Waals surface area contributed by atoms with Gasteiger partial charge in [0.15, 0.2) is 0 Å². The van der Waals surface area contributed by atoms with Crippen molar-refractivity contribution in [1.29, 1.82) is 5.26 Å². The average Bonchev–Trinajstić information content (AvgIpc) is 2.81. The lowest BCUT2D eigenvalue weighted by Crippen LogP contribution is -2.27. The normalized spacial score (nSPS) is 21.4. The minimum atomic E-state index is -0.130. The topological polar surface area (TPSA) is 35.8 Å². The third kappa shape index (κ3) is 2.63. The van der Waals surface area contributed by atoms with Crippen molar-refractivity contribution < 1.29 is 0 Å². The highest BCUT2D eigenvalue weighted by molar-refractivity contribution is 7.99. The number of anilines is 1. The summed E-state index contributed by atoms with van der Waals surface area (Å²) in [5.41, 5.74) is 0.854. The van der Waals surface area contributed by atoms with Gasteiger partial charge in [0.05, 0.1) is 16.8 Å². The molecule has 84 valence electrons. The summed E-state index contributed by atoms with van der Waals surface area (Å²) >= 11 is 7.97. The predicted octanol–water partition coefficient (Wildman–Crippen LogP) is 3.40. The van der Waals surface area contributed by atoms with Crippen LogP contribution in [-0.2, 0) is 0 Å². The number of nitriles is 1. The van der Waals surface area contributed by atoms with E-state index in [-0.39, 0.29) is 6.04 Å². The molecule has 2 atom stereocenters. The van der Waals surface area contributed by atoms with Crippen LogP contribution in [-0.4, -0.2) is 17.5 Å². The summed E-state index contributed by atoms with van der Waals surface area (Å²) in [5, 5.41) is 13.1. The van der Waals surface area contributed by atoms with Gasteiger partial charge in [-0.15, -0.1) is 0 Å². The predicted molar refractivity (Wildman–Crippen MR) is 69.9 cm³/mol. The molecule has 1 aromatic rings. The minimum Gasteiger partial charge on any atom is -0.368 e. The molecule has 0 bridgehead atoms. The van der Waals surface area contributed by atoms with Crippen molar-refractivity contribution >= 4 is 29.1 Å². The number of nitrogens with zero attached hydrogens (tertiary/aromatic N) is 1. The molecule has 1 saturated heterocycles. The smallest absolute Gasteiger partial charge is 0.118 e. The molecule has 2 rings (SSSR count). The van der Waals surface area contributed by atoms with Crippen LogP contribution in [0.4, 0.5) is 5.69 Å². The molecule has 0 spiro atoms. The molecule has 1 aliphatic heterocycles. The Kier molecular flexibility index (Phi) is 3.98. The van der Waals surface area contributed by atoms with Crippen LogP contribution in [0.3, 0.4) is 0 Å². The van der Waals surface area contributed by atoms with Crippen molar-refractivity contribution in [2.75, 3.05) is 16.8 Å². The van der Waals surface area contributed by atoms with E-state index in [1.54, 1.807) is 0 Å². The van der Waals surface area contributed by atoms with E-state index in [1.165, 1.54) is 0 Å². The Morgan fingerprint density at radius 2 is 2.31 bits per heavy atom. The van der Waals surface area contributed by atoms with Crippen LogP contribution in [0.15, 0.2) is 24.3 Å². The first kappa shape index (κ1) is 11.6. The quantitative estimate of drug-likeness (QED) is 0.896. The van der Waals surface area contributed by atoms with E-state index in [1.807, 2.05) is 36.0 Å². The zero-order valence-electron chi connectivity index (χ0n) is 8.82. The van der Waals surface area contributed by atoms with Crippen LogP contribution in [0.2, 0.25) is 5.02 Å². The fraction of sp³-hybridized carbons (Fsp3) is 0.417. The Balaban J connectivity index is 2.07. The molecule has 0 amide bonds. The molecule has 0 radical (unpaired) electrons. The van der Waals surface area contributed by atoms with Gasteiger partial charge in [-0.05, 0) is 30.1 Å². The molecule has 2 unspecified atom stereocenters. The lowest BCUT2D eigenvalue weighted by atomic mass is 10.0. The molecule has 0 aliphatic carbocycles. The molecular formula is C12H13ClN2S. The van der Waals surface area contributed by atoms with Crippen molar-refractivity contribution in [2.45, 2.75) is 12.5 Å². The second-order valence-electron chi connectivity index (χ2n) is 3.85. The highest BCUT2D eigenvalue weighted by Crippen LogP contribution is 2.29. The van der Waals surface area contributed by atoms with Gasteiger partial charge in [0.1, 0.15) is 6.04 Å². The highest BCUT2D eigenvalue weighted by Gasteiger charge is 2.25. The number of hydrogen-bond acceptors (Lipinski definition) is 3. The lowest BCUT2D eigenvalue weighted by molar-refractivity contribution is 0.565. The van der Waals surface area contributed by atoms with Gasteiger partial charge in [-0.3, -0.25) is 0 Å². The maximum Gasteiger partial charge on any atom is 0.118 e. The van der Waals surface area contributed by atoms with Gasteiger partial charge >= 0.3 is 0 Å². The van der Waals surface area contributed by atoms with E-state index in [4.69, 9.17) is 11.6 Å². The molecule has 1 N–H and O–H groups in total. The number of halogens is 1. The summed E-state index contributed by atoms with van der Waals surface area (Å²) in [6.07, 6.45) is 1.11. The van der Waals surface area contributed by atoms with Crippen LogP contribution in [0.25, 0.3) is 0 Å². The van der Waals surface area contributed by atoms with E-state index in [0.717, 1.165) is 23.6 Å². The first-order valence-electron chi connectivity index (χ1n) is 5.29. The zero-order valence-corrected chi connectivity index (χ0v) is 10.4. The van der Waals surface area contributed by atoms with Crippen molar-refractivity contribution in [1.82, 2.24) is 0 Å². The molecule has 1 aliphatic rings. The van der Waals surface area contributed by atoms with E-state index in [9.17, 15) is 5.26 Å². The minimum absolute atomic E-state index is 0.130. The lowest BCUT2D eigenvalue weighted by Gasteiger charge is -2.19. The molecule has 0 aromatic heterocycles. The maximum absolute atomic E-state index is 9.17. The molecule has 1 aromatic carbocycles. The van der Waals surface area contributed by atoms with Gasteiger partial charge in [-0.2, -0.15) is 17.0 Å². The molecule has 4 heteroatoms. The third-order valence-corrected chi connectivity index (χ3v) is 4.28. The Hall–Kier alpha value is -0.850. The molecule has 0 saturated carbocycles. The molecule has 16 heavy (non-hydrogen) atoms. The summed E-state index contributed by atoms with van der Waals surface area (Å²) in [4.78, 5) is 0. The summed E-state index contributed by atoms with van der Waals surface area (Å²) in [6.45, 7) is 0.